The number of carbonyl (C=O) groups excluding carboxylic acids is 1. The van der Waals surface area contributed by atoms with Gasteiger partial charge in [0.2, 0.25) is 5.82 Å². The average molecular weight is 293 g/mol. The third-order valence-corrected chi connectivity index (χ3v) is 3.42. The minimum Gasteiger partial charge on any atom is -0.303 e. The maximum Gasteiger partial charge on any atom is 0.232 e. The van der Waals surface area contributed by atoms with Crippen molar-refractivity contribution in [1.82, 2.24) is 9.97 Å². The molecule has 0 N–H and O–H groups in total. The molecule has 1 aromatic heterocycles. The third kappa shape index (κ3) is 3.76. The minimum atomic E-state index is 0.0431. The van der Waals surface area contributed by atoms with Gasteiger partial charge in [-0.2, -0.15) is 5.26 Å². The highest BCUT2D eigenvalue weighted by Crippen LogP contribution is 2.27. The summed E-state index contributed by atoms with van der Waals surface area (Å²) in [4.78, 5) is 19.0. The van der Waals surface area contributed by atoms with Crippen LogP contribution in [-0.2, 0) is 16.6 Å². The van der Waals surface area contributed by atoms with E-state index in [0.717, 1.165) is 23.2 Å². The summed E-state index contributed by atoms with van der Waals surface area (Å²) in [7, 11) is 0. The number of nitrogens with zero attached hydrogens (tertiary/aromatic N) is 3. The summed E-state index contributed by atoms with van der Waals surface area (Å²) in [6, 6.07) is 12.0. The van der Waals surface area contributed by atoms with Crippen molar-refractivity contribution in [3.63, 3.8) is 0 Å². The SMILES string of the molecule is CC(C)(C)c1cccc(-c2cc(CCC=O)nc(C#N)n2)c1. The smallest absolute Gasteiger partial charge is 0.232 e. The Kier molecular flexibility index (Phi) is 4.67. The summed E-state index contributed by atoms with van der Waals surface area (Å²) >= 11 is 0. The van der Waals surface area contributed by atoms with Gasteiger partial charge >= 0.3 is 0 Å². The Bertz CT molecular complexity index is 724. The van der Waals surface area contributed by atoms with E-state index in [2.05, 4.69) is 42.9 Å². The van der Waals surface area contributed by atoms with Crippen LogP contribution in [0.4, 0.5) is 0 Å². The molecule has 22 heavy (non-hydrogen) atoms. The first kappa shape index (κ1) is 15.8. The second kappa shape index (κ2) is 6.48. The standard InChI is InChI=1S/C18H19N3O/c1-18(2,3)14-7-4-6-13(10-14)16-11-15(8-5-9-22)20-17(12-19)21-16/h4,6-7,9-11H,5,8H2,1-3H3. The van der Waals surface area contributed by atoms with Crippen LogP contribution in [0, 0.1) is 11.3 Å². The van der Waals surface area contributed by atoms with Gasteiger partial charge in [-0.15, -0.1) is 0 Å². The van der Waals surface area contributed by atoms with Gasteiger partial charge in [0.15, 0.2) is 0 Å². The highest BCUT2D eigenvalue weighted by Gasteiger charge is 2.15. The molecule has 0 bridgehead atoms. The van der Waals surface area contributed by atoms with Crippen molar-refractivity contribution < 1.29 is 4.79 Å². The maximum atomic E-state index is 10.5. The Morgan fingerprint density at radius 2 is 2.00 bits per heavy atom. The molecule has 4 heteroatoms. The molecule has 4 nitrogen and oxygen atoms in total. The van der Waals surface area contributed by atoms with Crippen LogP contribution in [0.5, 0.6) is 0 Å². The molecule has 1 heterocycles. The van der Waals surface area contributed by atoms with Crippen LogP contribution in [-0.4, -0.2) is 16.3 Å². The van der Waals surface area contributed by atoms with Crippen molar-refractivity contribution in [2.45, 2.75) is 39.0 Å². The number of aromatic nitrogens is 2. The Hall–Kier alpha value is -2.54. The van der Waals surface area contributed by atoms with E-state index < -0.39 is 0 Å². The highest BCUT2D eigenvalue weighted by atomic mass is 16.1. The number of carbonyl (C=O) groups is 1. The third-order valence-electron chi connectivity index (χ3n) is 3.42. The summed E-state index contributed by atoms with van der Waals surface area (Å²) in [5.74, 6) is 0.138. The Morgan fingerprint density at radius 3 is 2.64 bits per heavy atom. The van der Waals surface area contributed by atoms with Crippen molar-refractivity contribution in [2.75, 3.05) is 0 Å². The number of aldehydes is 1. The van der Waals surface area contributed by atoms with Crippen LogP contribution in [0.25, 0.3) is 11.3 Å². The Labute approximate surface area is 130 Å². The average Bonchev–Trinajstić information content (AvgIpc) is 2.52. The molecule has 112 valence electrons. The summed E-state index contributed by atoms with van der Waals surface area (Å²) in [6.45, 7) is 6.47. The number of rotatable bonds is 4. The van der Waals surface area contributed by atoms with Gasteiger partial charge in [-0.3, -0.25) is 0 Å². The molecule has 0 saturated heterocycles. The van der Waals surface area contributed by atoms with Gasteiger partial charge in [0, 0.05) is 17.7 Å². The molecule has 0 radical (unpaired) electrons. The van der Waals surface area contributed by atoms with Gasteiger partial charge in [-0.05, 0) is 29.5 Å². The molecule has 0 aliphatic rings. The molecule has 2 rings (SSSR count). The molecule has 0 amide bonds. The lowest BCUT2D eigenvalue weighted by Gasteiger charge is -2.19. The van der Waals surface area contributed by atoms with E-state index in [1.165, 1.54) is 5.56 Å². The fraction of sp³-hybridized carbons (Fsp3) is 0.333. The quantitative estimate of drug-likeness (QED) is 0.810. The van der Waals surface area contributed by atoms with Gasteiger partial charge in [-0.25, -0.2) is 9.97 Å². The molecule has 0 saturated carbocycles. The number of hydrogen-bond acceptors (Lipinski definition) is 4. The molecule has 0 aliphatic carbocycles. The zero-order valence-electron chi connectivity index (χ0n) is 13.1. The lowest BCUT2D eigenvalue weighted by Crippen LogP contribution is -2.10. The van der Waals surface area contributed by atoms with E-state index in [1.54, 1.807) is 0 Å². The zero-order chi connectivity index (χ0) is 16.2. The van der Waals surface area contributed by atoms with E-state index in [1.807, 2.05) is 24.3 Å². The predicted octanol–water partition coefficient (Wildman–Crippen LogP) is 3.44. The molecule has 0 unspecified atom stereocenters. The van der Waals surface area contributed by atoms with E-state index in [4.69, 9.17) is 5.26 Å². The van der Waals surface area contributed by atoms with Gasteiger partial charge < -0.3 is 4.79 Å². The number of benzene rings is 1. The molecule has 0 aliphatic heterocycles. The molecule has 2 aromatic rings. The van der Waals surface area contributed by atoms with E-state index in [0.29, 0.717) is 12.8 Å². The van der Waals surface area contributed by atoms with Crippen molar-refractivity contribution in [1.29, 1.82) is 5.26 Å². The van der Waals surface area contributed by atoms with E-state index >= 15 is 0 Å². The predicted molar refractivity (Wildman–Crippen MR) is 85.3 cm³/mol. The van der Waals surface area contributed by atoms with Crippen LogP contribution in [0.2, 0.25) is 0 Å². The van der Waals surface area contributed by atoms with Crippen molar-refractivity contribution in [3.8, 4) is 17.3 Å². The maximum absolute atomic E-state index is 10.5. The second-order valence-electron chi connectivity index (χ2n) is 6.22. The van der Waals surface area contributed by atoms with Crippen molar-refractivity contribution in [3.05, 3.63) is 47.4 Å². The zero-order valence-corrected chi connectivity index (χ0v) is 13.1. The summed E-state index contributed by atoms with van der Waals surface area (Å²) in [6.07, 6.45) is 1.77. The Morgan fingerprint density at radius 1 is 1.23 bits per heavy atom. The van der Waals surface area contributed by atoms with Crippen LogP contribution in [0.15, 0.2) is 30.3 Å². The molecule has 1 aromatic carbocycles. The van der Waals surface area contributed by atoms with Crippen molar-refractivity contribution in [2.24, 2.45) is 0 Å². The van der Waals surface area contributed by atoms with Gasteiger partial charge in [0.1, 0.15) is 12.4 Å². The first-order valence-corrected chi connectivity index (χ1v) is 7.26. The summed E-state index contributed by atoms with van der Waals surface area (Å²) in [5.41, 5.74) is 3.64. The van der Waals surface area contributed by atoms with Gasteiger partial charge in [0.05, 0.1) is 5.69 Å². The van der Waals surface area contributed by atoms with Gasteiger partial charge in [-0.1, -0.05) is 39.0 Å². The van der Waals surface area contributed by atoms with Gasteiger partial charge in [0.25, 0.3) is 0 Å². The van der Waals surface area contributed by atoms with E-state index in [-0.39, 0.29) is 11.2 Å². The fourth-order valence-electron chi connectivity index (χ4n) is 2.18. The minimum absolute atomic E-state index is 0.0431. The largest absolute Gasteiger partial charge is 0.303 e. The lowest BCUT2D eigenvalue weighted by molar-refractivity contribution is -0.107. The molecule has 0 atom stereocenters. The van der Waals surface area contributed by atoms with E-state index in [9.17, 15) is 4.79 Å². The topological polar surface area (TPSA) is 66.6 Å². The normalized spacial score (nSPS) is 11.0. The summed E-state index contributed by atoms with van der Waals surface area (Å²) in [5, 5.41) is 9.10. The van der Waals surface area contributed by atoms with Crippen LogP contribution < -0.4 is 0 Å². The van der Waals surface area contributed by atoms with Crippen LogP contribution >= 0.6 is 0 Å². The Balaban J connectivity index is 2.48. The first-order chi connectivity index (χ1) is 10.4. The number of nitriles is 1. The molecular formula is C18H19N3O. The van der Waals surface area contributed by atoms with Crippen LogP contribution in [0.3, 0.4) is 0 Å². The highest BCUT2D eigenvalue weighted by molar-refractivity contribution is 5.61. The molecule has 0 spiro atoms. The monoisotopic (exact) mass is 293 g/mol. The lowest BCUT2D eigenvalue weighted by atomic mass is 9.86. The first-order valence-electron chi connectivity index (χ1n) is 7.26. The molecule has 0 fully saturated rings. The molecular weight excluding hydrogens is 274 g/mol. The van der Waals surface area contributed by atoms with Crippen LogP contribution in [0.1, 0.15) is 44.3 Å². The summed E-state index contributed by atoms with van der Waals surface area (Å²) < 4.78 is 0. The van der Waals surface area contributed by atoms with Crippen molar-refractivity contribution >= 4 is 6.29 Å². The fourth-order valence-corrected chi connectivity index (χ4v) is 2.18. The second-order valence-corrected chi connectivity index (χ2v) is 6.22. The number of aryl methyl sites for hydroxylation is 1. The number of hydrogen-bond donors (Lipinski definition) is 0.